The summed E-state index contributed by atoms with van der Waals surface area (Å²) in [4.78, 5) is 9.79. The van der Waals surface area contributed by atoms with Gasteiger partial charge >= 0.3 is 0 Å². The van der Waals surface area contributed by atoms with Crippen LogP contribution in [-0.2, 0) is 11.2 Å². The van der Waals surface area contributed by atoms with Gasteiger partial charge in [-0.3, -0.25) is 0 Å². The molecule has 1 saturated carbocycles. The summed E-state index contributed by atoms with van der Waals surface area (Å²) in [5.41, 5.74) is 4.82. The first kappa shape index (κ1) is 14.2. The van der Waals surface area contributed by atoms with E-state index in [0.717, 1.165) is 18.0 Å². The molecule has 3 heteroatoms. The highest BCUT2D eigenvalue weighted by atomic mass is 16.5. The maximum absolute atomic E-state index is 6.18. The third kappa shape index (κ3) is 2.34. The van der Waals surface area contributed by atoms with Gasteiger partial charge in [-0.05, 0) is 36.1 Å². The molecular formula is C21H22N2O. The molecule has 0 radical (unpaired) electrons. The van der Waals surface area contributed by atoms with Gasteiger partial charge in [0.15, 0.2) is 0 Å². The van der Waals surface area contributed by atoms with Crippen LogP contribution < -0.4 is 0 Å². The van der Waals surface area contributed by atoms with Crippen molar-refractivity contribution >= 4 is 5.90 Å². The minimum atomic E-state index is 0.149. The molecule has 3 aliphatic rings. The van der Waals surface area contributed by atoms with Crippen molar-refractivity contribution in [3.63, 3.8) is 0 Å². The van der Waals surface area contributed by atoms with E-state index in [1.165, 1.54) is 48.9 Å². The van der Waals surface area contributed by atoms with Crippen molar-refractivity contribution in [2.45, 2.75) is 56.6 Å². The van der Waals surface area contributed by atoms with Crippen LogP contribution in [0.15, 0.2) is 47.5 Å². The predicted octanol–water partition coefficient (Wildman–Crippen LogP) is 4.57. The SMILES string of the molecule is c1cc(C2=NC3c4ccccc4CC3O2)nc(C2CCCCC2)c1. The van der Waals surface area contributed by atoms with Gasteiger partial charge in [0.25, 0.3) is 0 Å². The molecular weight excluding hydrogens is 296 g/mol. The summed E-state index contributed by atoms with van der Waals surface area (Å²) in [6, 6.07) is 15.0. The van der Waals surface area contributed by atoms with Crippen LogP contribution in [0, 0.1) is 0 Å². The normalized spacial score (nSPS) is 25.8. The van der Waals surface area contributed by atoms with E-state index in [-0.39, 0.29) is 12.1 Å². The van der Waals surface area contributed by atoms with E-state index in [4.69, 9.17) is 14.7 Å². The minimum absolute atomic E-state index is 0.149. The summed E-state index contributed by atoms with van der Waals surface area (Å²) >= 11 is 0. The second-order valence-electron chi connectivity index (χ2n) is 7.22. The number of rotatable bonds is 2. The van der Waals surface area contributed by atoms with Crippen LogP contribution in [0.5, 0.6) is 0 Å². The van der Waals surface area contributed by atoms with Gasteiger partial charge in [-0.15, -0.1) is 0 Å². The molecule has 2 atom stereocenters. The Labute approximate surface area is 142 Å². The van der Waals surface area contributed by atoms with Crippen LogP contribution in [0.3, 0.4) is 0 Å². The number of ether oxygens (including phenoxy) is 1. The van der Waals surface area contributed by atoms with E-state index in [1.807, 2.05) is 6.07 Å². The van der Waals surface area contributed by atoms with Crippen molar-refractivity contribution in [1.82, 2.24) is 4.98 Å². The van der Waals surface area contributed by atoms with Gasteiger partial charge in [0, 0.05) is 18.0 Å². The fourth-order valence-corrected chi connectivity index (χ4v) is 4.42. The lowest BCUT2D eigenvalue weighted by Crippen LogP contribution is -2.15. The van der Waals surface area contributed by atoms with Crippen molar-refractivity contribution in [3.05, 3.63) is 65.0 Å². The standard InChI is InChI=1S/C21H22N2O/c1-2-7-14(8-3-1)17-11-6-12-18(22-17)21-23-20-16-10-5-4-9-15(16)13-19(20)24-21/h4-6,9-12,14,19-20H,1-3,7-8,13H2. The zero-order valence-corrected chi connectivity index (χ0v) is 13.8. The molecule has 1 fully saturated rings. The molecule has 3 nitrogen and oxygen atoms in total. The number of hydrogen-bond acceptors (Lipinski definition) is 3. The Bertz CT molecular complexity index is 792. The number of nitrogens with zero attached hydrogens (tertiary/aromatic N) is 2. The fourth-order valence-electron chi connectivity index (χ4n) is 4.42. The lowest BCUT2D eigenvalue weighted by atomic mass is 9.86. The van der Waals surface area contributed by atoms with Crippen LogP contribution in [0.2, 0.25) is 0 Å². The molecule has 0 N–H and O–H groups in total. The van der Waals surface area contributed by atoms with Crippen LogP contribution >= 0.6 is 0 Å². The largest absolute Gasteiger partial charge is 0.470 e. The Balaban J connectivity index is 1.44. The highest BCUT2D eigenvalue weighted by Crippen LogP contribution is 2.40. The van der Waals surface area contributed by atoms with Crippen molar-refractivity contribution < 1.29 is 4.74 Å². The first-order valence-corrected chi connectivity index (χ1v) is 9.18. The molecule has 1 aromatic carbocycles. The lowest BCUT2D eigenvalue weighted by Gasteiger charge is -2.21. The zero-order valence-electron chi connectivity index (χ0n) is 13.8. The summed E-state index contributed by atoms with van der Waals surface area (Å²) in [6.45, 7) is 0. The van der Waals surface area contributed by atoms with Crippen LogP contribution in [0.1, 0.15) is 66.6 Å². The van der Waals surface area contributed by atoms with Gasteiger partial charge in [-0.2, -0.15) is 0 Å². The fraction of sp³-hybridized carbons (Fsp3) is 0.429. The first-order chi connectivity index (χ1) is 11.9. The Morgan fingerprint density at radius 1 is 0.917 bits per heavy atom. The Kier molecular flexibility index (Phi) is 3.39. The van der Waals surface area contributed by atoms with Crippen molar-refractivity contribution in [2.75, 3.05) is 0 Å². The molecule has 0 amide bonds. The molecule has 1 aliphatic heterocycles. The quantitative estimate of drug-likeness (QED) is 0.813. The van der Waals surface area contributed by atoms with E-state index in [9.17, 15) is 0 Å². The monoisotopic (exact) mass is 318 g/mol. The van der Waals surface area contributed by atoms with Crippen molar-refractivity contribution in [1.29, 1.82) is 0 Å². The summed E-state index contributed by atoms with van der Waals surface area (Å²) in [5, 5.41) is 0. The molecule has 1 aromatic heterocycles. The van der Waals surface area contributed by atoms with Gasteiger partial charge in [-0.25, -0.2) is 9.98 Å². The van der Waals surface area contributed by atoms with Crippen molar-refractivity contribution in [2.24, 2.45) is 4.99 Å². The lowest BCUT2D eigenvalue weighted by molar-refractivity contribution is 0.206. The Morgan fingerprint density at radius 3 is 2.71 bits per heavy atom. The maximum Gasteiger partial charge on any atom is 0.236 e. The molecule has 0 spiro atoms. The van der Waals surface area contributed by atoms with Gasteiger partial charge in [-0.1, -0.05) is 49.6 Å². The highest BCUT2D eigenvalue weighted by Gasteiger charge is 2.39. The van der Waals surface area contributed by atoms with E-state index in [0.29, 0.717) is 5.92 Å². The highest BCUT2D eigenvalue weighted by molar-refractivity contribution is 5.94. The molecule has 0 saturated heterocycles. The maximum atomic E-state index is 6.18. The number of pyridine rings is 1. The first-order valence-electron chi connectivity index (χ1n) is 9.18. The van der Waals surface area contributed by atoms with E-state index in [1.54, 1.807) is 0 Å². The summed E-state index contributed by atoms with van der Waals surface area (Å²) in [6.07, 6.45) is 7.66. The molecule has 5 rings (SSSR count). The average Bonchev–Trinajstić information content (AvgIpc) is 3.21. The van der Waals surface area contributed by atoms with Gasteiger partial charge in [0.2, 0.25) is 5.90 Å². The van der Waals surface area contributed by atoms with Crippen LogP contribution in [0.4, 0.5) is 0 Å². The Morgan fingerprint density at radius 2 is 1.79 bits per heavy atom. The molecule has 122 valence electrons. The second-order valence-corrected chi connectivity index (χ2v) is 7.22. The molecule has 2 unspecified atom stereocenters. The third-order valence-electron chi connectivity index (χ3n) is 5.68. The molecule has 2 aliphatic carbocycles. The van der Waals surface area contributed by atoms with Crippen LogP contribution in [-0.4, -0.2) is 17.0 Å². The molecule has 24 heavy (non-hydrogen) atoms. The number of aliphatic imine (C=N–C) groups is 1. The van der Waals surface area contributed by atoms with E-state index < -0.39 is 0 Å². The van der Waals surface area contributed by atoms with Gasteiger partial charge in [0.1, 0.15) is 17.8 Å². The van der Waals surface area contributed by atoms with Gasteiger partial charge < -0.3 is 4.74 Å². The average molecular weight is 318 g/mol. The smallest absolute Gasteiger partial charge is 0.236 e. The van der Waals surface area contributed by atoms with E-state index in [2.05, 4.69) is 36.4 Å². The number of aromatic nitrogens is 1. The number of benzene rings is 1. The molecule has 0 bridgehead atoms. The zero-order chi connectivity index (χ0) is 15.9. The van der Waals surface area contributed by atoms with Gasteiger partial charge in [0.05, 0.1) is 0 Å². The van der Waals surface area contributed by atoms with E-state index >= 15 is 0 Å². The predicted molar refractivity (Wildman–Crippen MR) is 94.4 cm³/mol. The summed E-state index contributed by atoms with van der Waals surface area (Å²) < 4.78 is 6.18. The summed E-state index contributed by atoms with van der Waals surface area (Å²) in [7, 11) is 0. The van der Waals surface area contributed by atoms with Crippen molar-refractivity contribution in [3.8, 4) is 0 Å². The molecule has 2 heterocycles. The summed E-state index contributed by atoms with van der Waals surface area (Å²) in [5.74, 6) is 1.35. The molecule has 2 aromatic rings. The second kappa shape index (κ2) is 5.73. The Hall–Kier alpha value is -2.16. The number of hydrogen-bond donors (Lipinski definition) is 0. The minimum Gasteiger partial charge on any atom is -0.470 e. The number of fused-ring (bicyclic) bond motifs is 3. The third-order valence-corrected chi connectivity index (χ3v) is 5.68. The topological polar surface area (TPSA) is 34.5 Å². The van der Waals surface area contributed by atoms with Crippen LogP contribution in [0.25, 0.3) is 0 Å².